The van der Waals surface area contributed by atoms with Crippen LogP contribution >= 0.6 is 0 Å². The summed E-state index contributed by atoms with van der Waals surface area (Å²) in [6, 6.07) is 0.552. The fourth-order valence-corrected chi connectivity index (χ4v) is 2.65. The molecule has 0 radical (unpaired) electrons. The second-order valence-corrected chi connectivity index (χ2v) is 4.73. The van der Waals surface area contributed by atoms with Crippen molar-refractivity contribution in [1.82, 2.24) is 5.32 Å². The minimum atomic E-state index is -0.549. The summed E-state index contributed by atoms with van der Waals surface area (Å²) in [5.74, 6) is 4.30. The first-order valence-corrected chi connectivity index (χ1v) is 5.83. The minimum absolute atomic E-state index is 0.549. The SMILES string of the molecule is C#CCCNC1CCS(=O)CC1. The van der Waals surface area contributed by atoms with Gasteiger partial charge in [0.05, 0.1) is 0 Å². The van der Waals surface area contributed by atoms with Gasteiger partial charge < -0.3 is 5.32 Å². The molecule has 0 spiro atoms. The van der Waals surface area contributed by atoms with Gasteiger partial charge in [-0.15, -0.1) is 12.3 Å². The van der Waals surface area contributed by atoms with Crippen LogP contribution in [-0.4, -0.2) is 28.3 Å². The summed E-state index contributed by atoms with van der Waals surface area (Å²) in [6.45, 7) is 0.897. The lowest BCUT2D eigenvalue weighted by atomic mass is 10.1. The average Bonchev–Trinajstić information content (AvgIpc) is 2.09. The molecule has 0 bridgehead atoms. The molecule has 0 atom stereocenters. The van der Waals surface area contributed by atoms with E-state index in [2.05, 4.69) is 11.2 Å². The molecule has 0 aromatic carbocycles. The Kier molecular flexibility index (Phi) is 4.34. The largest absolute Gasteiger partial charge is 0.313 e. The van der Waals surface area contributed by atoms with Crippen LogP contribution in [0.2, 0.25) is 0 Å². The first-order chi connectivity index (χ1) is 5.83. The standard InChI is InChI=1S/C9H15NOS/c1-2-3-6-10-9-4-7-12(11)8-5-9/h1,9-10H,3-8H2. The smallest absolute Gasteiger partial charge is 0.0249 e. The Morgan fingerprint density at radius 3 is 2.75 bits per heavy atom. The van der Waals surface area contributed by atoms with E-state index in [1.165, 1.54) is 0 Å². The van der Waals surface area contributed by atoms with Gasteiger partial charge in [0, 0.05) is 41.3 Å². The Balaban J connectivity index is 2.10. The number of hydrogen-bond acceptors (Lipinski definition) is 2. The first-order valence-electron chi connectivity index (χ1n) is 4.34. The van der Waals surface area contributed by atoms with Gasteiger partial charge in [-0.25, -0.2) is 0 Å². The normalized spacial score (nSPS) is 29.6. The van der Waals surface area contributed by atoms with Crippen LogP contribution in [0.1, 0.15) is 19.3 Å². The van der Waals surface area contributed by atoms with Crippen LogP contribution in [0.4, 0.5) is 0 Å². The van der Waals surface area contributed by atoms with Crippen LogP contribution < -0.4 is 5.32 Å². The Bertz CT molecular complexity index is 187. The summed E-state index contributed by atoms with van der Waals surface area (Å²) in [4.78, 5) is 0. The topological polar surface area (TPSA) is 29.1 Å². The summed E-state index contributed by atoms with van der Waals surface area (Å²) in [5, 5.41) is 3.37. The van der Waals surface area contributed by atoms with Crippen molar-refractivity contribution in [2.24, 2.45) is 0 Å². The van der Waals surface area contributed by atoms with E-state index in [1.807, 2.05) is 0 Å². The maximum atomic E-state index is 11.0. The van der Waals surface area contributed by atoms with E-state index in [9.17, 15) is 4.21 Å². The summed E-state index contributed by atoms with van der Waals surface area (Å²) in [6.07, 6.45) is 8.00. The zero-order valence-corrected chi connectivity index (χ0v) is 8.03. The Morgan fingerprint density at radius 2 is 2.17 bits per heavy atom. The second kappa shape index (κ2) is 5.34. The lowest BCUT2D eigenvalue weighted by Gasteiger charge is -2.21. The van der Waals surface area contributed by atoms with Crippen molar-refractivity contribution in [2.45, 2.75) is 25.3 Å². The predicted octanol–water partition coefficient (Wildman–Crippen LogP) is 0.510. The van der Waals surface area contributed by atoms with E-state index in [0.717, 1.165) is 37.3 Å². The van der Waals surface area contributed by atoms with Gasteiger partial charge in [0.25, 0.3) is 0 Å². The van der Waals surface area contributed by atoms with E-state index >= 15 is 0 Å². The van der Waals surface area contributed by atoms with Crippen molar-refractivity contribution in [3.8, 4) is 12.3 Å². The van der Waals surface area contributed by atoms with Crippen LogP contribution in [0.25, 0.3) is 0 Å². The van der Waals surface area contributed by atoms with Gasteiger partial charge in [-0.3, -0.25) is 4.21 Å². The molecule has 1 rings (SSSR count). The highest BCUT2D eigenvalue weighted by molar-refractivity contribution is 7.85. The van der Waals surface area contributed by atoms with Crippen LogP contribution in [0.3, 0.4) is 0 Å². The van der Waals surface area contributed by atoms with Crippen molar-refractivity contribution in [3.05, 3.63) is 0 Å². The molecule has 0 aromatic heterocycles. The molecule has 12 heavy (non-hydrogen) atoms. The molecule has 0 unspecified atom stereocenters. The molecular weight excluding hydrogens is 170 g/mol. The minimum Gasteiger partial charge on any atom is -0.313 e. The van der Waals surface area contributed by atoms with Crippen molar-refractivity contribution in [1.29, 1.82) is 0 Å². The van der Waals surface area contributed by atoms with Gasteiger partial charge in [0.15, 0.2) is 0 Å². The van der Waals surface area contributed by atoms with E-state index < -0.39 is 10.8 Å². The summed E-state index contributed by atoms with van der Waals surface area (Å²) in [7, 11) is -0.549. The highest BCUT2D eigenvalue weighted by Crippen LogP contribution is 2.08. The molecule has 0 aliphatic carbocycles. The van der Waals surface area contributed by atoms with Crippen LogP contribution in [0.15, 0.2) is 0 Å². The molecule has 0 saturated carbocycles. The molecule has 3 heteroatoms. The summed E-state index contributed by atoms with van der Waals surface area (Å²) >= 11 is 0. The maximum Gasteiger partial charge on any atom is 0.0249 e. The van der Waals surface area contributed by atoms with Gasteiger partial charge in [-0.2, -0.15) is 0 Å². The fraction of sp³-hybridized carbons (Fsp3) is 0.778. The van der Waals surface area contributed by atoms with E-state index in [4.69, 9.17) is 6.42 Å². The maximum absolute atomic E-state index is 11.0. The molecule has 1 aliphatic heterocycles. The Morgan fingerprint density at radius 1 is 1.50 bits per heavy atom. The third-order valence-electron chi connectivity index (χ3n) is 2.09. The second-order valence-electron chi connectivity index (χ2n) is 3.03. The van der Waals surface area contributed by atoms with E-state index in [0.29, 0.717) is 6.04 Å². The molecule has 0 amide bonds. The van der Waals surface area contributed by atoms with Gasteiger partial charge in [0.2, 0.25) is 0 Å². The van der Waals surface area contributed by atoms with E-state index in [-0.39, 0.29) is 0 Å². The number of hydrogen-bond donors (Lipinski definition) is 1. The molecule has 68 valence electrons. The quantitative estimate of drug-likeness (QED) is 0.513. The van der Waals surface area contributed by atoms with Gasteiger partial charge in [-0.05, 0) is 12.8 Å². The van der Waals surface area contributed by atoms with Crippen molar-refractivity contribution in [3.63, 3.8) is 0 Å². The fourth-order valence-electron chi connectivity index (χ4n) is 1.35. The summed E-state index contributed by atoms with van der Waals surface area (Å²) in [5.41, 5.74) is 0. The molecule has 1 heterocycles. The van der Waals surface area contributed by atoms with Gasteiger partial charge >= 0.3 is 0 Å². The van der Waals surface area contributed by atoms with Crippen LogP contribution in [-0.2, 0) is 10.8 Å². The molecule has 0 aromatic rings. The third kappa shape index (κ3) is 3.38. The number of nitrogens with one attached hydrogen (secondary N) is 1. The van der Waals surface area contributed by atoms with E-state index in [1.54, 1.807) is 0 Å². The van der Waals surface area contributed by atoms with Crippen molar-refractivity contribution in [2.75, 3.05) is 18.1 Å². The van der Waals surface area contributed by atoms with Crippen LogP contribution in [0, 0.1) is 12.3 Å². The Hall–Kier alpha value is -0.330. The molecule has 1 N–H and O–H groups in total. The Labute approximate surface area is 76.6 Å². The monoisotopic (exact) mass is 185 g/mol. The average molecular weight is 185 g/mol. The number of terminal acetylenes is 1. The first kappa shape index (κ1) is 9.76. The van der Waals surface area contributed by atoms with Crippen molar-refractivity contribution < 1.29 is 4.21 Å². The lowest BCUT2D eigenvalue weighted by molar-refractivity contribution is 0.482. The lowest BCUT2D eigenvalue weighted by Crippen LogP contribution is -2.36. The van der Waals surface area contributed by atoms with Crippen molar-refractivity contribution >= 4 is 10.8 Å². The van der Waals surface area contributed by atoms with Gasteiger partial charge in [0.1, 0.15) is 0 Å². The third-order valence-corrected chi connectivity index (χ3v) is 3.47. The number of rotatable bonds is 3. The zero-order valence-electron chi connectivity index (χ0n) is 7.21. The molecule has 1 saturated heterocycles. The molecular formula is C9H15NOS. The predicted molar refractivity (Wildman–Crippen MR) is 52.4 cm³/mol. The highest BCUT2D eigenvalue weighted by atomic mass is 32.2. The zero-order chi connectivity index (χ0) is 8.81. The van der Waals surface area contributed by atoms with Gasteiger partial charge in [-0.1, -0.05) is 0 Å². The van der Waals surface area contributed by atoms with Crippen LogP contribution in [0.5, 0.6) is 0 Å². The highest BCUT2D eigenvalue weighted by Gasteiger charge is 2.16. The molecule has 2 nitrogen and oxygen atoms in total. The molecule has 1 fully saturated rings. The summed E-state index contributed by atoms with van der Waals surface area (Å²) < 4.78 is 11.0. The molecule has 1 aliphatic rings.